The minimum atomic E-state index is -4.39. The Morgan fingerprint density at radius 2 is 1.85 bits per heavy atom. The van der Waals surface area contributed by atoms with E-state index in [0.717, 1.165) is 40.1 Å². The Bertz CT molecular complexity index is 1460. The van der Waals surface area contributed by atoms with E-state index in [4.69, 9.17) is 0 Å². The van der Waals surface area contributed by atoms with E-state index in [9.17, 15) is 13.2 Å². The van der Waals surface area contributed by atoms with E-state index in [1.165, 1.54) is 18.3 Å². The molecule has 9 heteroatoms. The lowest BCUT2D eigenvalue weighted by molar-refractivity contribution is -0.117. The van der Waals surface area contributed by atoms with Gasteiger partial charge in [0.25, 0.3) is 10.0 Å². The molecule has 1 N–H and O–H groups in total. The number of hydrogen-bond donors (Lipinski definition) is 1. The number of pyridine rings is 2. The number of nitrogens with one attached hydrogen (secondary N) is 1. The molecule has 0 saturated heterocycles. The standard InChI is InChI=1S/C24H19FN4O3S/c25-21-14-19(28-24(30)16-4-5-16)7-9-22(21)33(31,32)29(23-3-1-2-11-27-23)20-8-6-18-15-26-12-10-17(18)13-20/h1-3,6-16H,4-5H2,(H,28,30). The Hall–Kier alpha value is -3.85. The van der Waals surface area contributed by atoms with Gasteiger partial charge >= 0.3 is 0 Å². The van der Waals surface area contributed by atoms with Crippen molar-refractivity contribution in [1.29, 1.82) is 0 Å². The van der Waals surface area contributed by atoms with Crippen molar-refractivity contribution in [2.45, 2.75) is 17.7 Å². The van der Waals surface area contributed by atoms with Crippen LogP contribution in [-0.2, 0) is 14.8 Å². The molecular formula is C24H19FN4O3S. The van der Waals surface area contributed by atoms with Gasteiger partial charge in [-0.25, -0.2) is 22.1 Å². The van der Waals surface area contributed by atoms with E-state index in [0.29, 0.717) is 5.69 Å². The van der Waals surface area contributed by atoms with Crippen LogP contribution in [0.4, 0.5) is 21.6 Å². The van der Waals surface area contributed by atoms with Crippen molar-refractivity contribution in [2.75, 3.05) is 9.62 Å². The summed E-state index contributed by atoms with van der Waals surface area (Å²) in [4.78, 5) is 19.7. The molecule has 1 saturated carbocycles. The summed E-state index contributed by atoms with van der Waals surface area (Å²) in [5.41, 5.74) is 0.517. The van der Waals surface area contributed by atoms with E-state index in [2.05, 4.69) is 15.3 Å². The topological polar surface area (TPSA) is 92.3 Å². The van der Waals surface area contributed by atoms with Gasteiger partial charge in [0.1, 0.15) is 16.5 Å². The first-order valence-electron chi connectivity index (χ1n) is 10.3. The number of anilines is 3. The summed E-state index contributed by atoms with van der Waals surface area (Å²) in [7, 11) is -4.39. The number of carbonyl (C=O) groups excluding carboxylic acids is 1. The molecule has 5 rings (SSSR count). The molecule has 2 aromatic carbocycles. The molecule has 1 amide bonds. The van der Waals surface area contributed by atoms with E-state index in [1.807, 2.05) is 0 Å². The number of aromatic nitrogens is 2. The second-order valence-corrected chi connectivity index (χ2v) is 9.53. The zero-order chi connectivity index (χ0) is 23.0. The van der Waals surface area contributed by atoms with Crippen molar-refractivity contribution in [1.82, 2.24) is 9.97 Å². The SMILES string of the molecule is O=C(Nc1ccc(S(=O)(=O)N(c2ccc3cnccc3c2)c2ccccn2)c(F)c1)C1CC1. The lowest BCUT2D eigenvalue weighted by Gasteiger charge is -2.24. The summed E-state index contributed by atoms with van der Waals surface area (Å²) in [6.07, 6.45) is 6.37. The summed E-state index contributed by atoms with van der Waals surface area (Å²) in [6.45, 7) is 0. The molecule has 33 heavy (non-hydrogen) atoms. The molecule has 7 nitrogen and oxygen atoms in total. The van der Waals surface area contributed by atoms with Gasteiger partial charge < -0.3 is 5.32 Å². The van der Waals surface area contributed by atoms with Crippen molar-refractivity contribution in [3.8, 4) is 0 Å². The minimum absolute atomic E-state index is 0.0563. The number of carbonyl (C=O) groups is 1. The summed E-state index contributed by atoms with van der Waals surface area (Å²) in [6, 6.07) is 15.2. The Balaban J connectivity index is 1.58. The van der Waals surface area contributed by atoms with Crippen molar-refractivity contribution in [3.63, 3.8) is 0 Å². The fourth-order valence-electron chi connectivity index (χ4n) is 3.54. The third-order valence-electron chi connectivity index (χ3n) is 5.38. The molecule has 2 heterocycles. The predicted molar refractivity (Wildman–Crippen MR) is 123 cm³/mol. The van der Waals surface area contributed by atoms with Crippen LogP contribution in [-0.4, -0.2) is 24.3 Å². The summed E-state index contributed by atoms with van der Waals surface area (Å²) in [5, 5.41) is 4.24. The Morgan fingerprint density at radius 3 is 2.58 bits per heavy atom. The largest absolute Gasteiger partial charge is 0.326 e. The average molecular weight is 463 g/mol. The first kappa shape index (κ1) is 21.0. The molecule has 0 radical (unpaired) electrons. The van der Waals surface area contributed by atoms with Gasteiger partial charge in [0, 0.05) is 35.6 Å². The minimum Gasteiger partial charge on any atom is -0.326 e. The van der Waals surface area contributed by atoms with Crippen LogP contribution < -0.4 is 9.62 Å². The number of rotatable bonds is 6. The van der Waals surface area contributed by atoms with Gasteiger partial charge in [-0.1, -0.05) is 12.1 Å². The number of fused-ring (bicyclic) bond motifs is 1. The first-order chi connectivity index (χ1) is 15.9. The van der Waals surface area contributed by atoms with E-state index < -0.39 is 20.7 Å². The molecule has 0 bridgehead atoms. The highest BCUT2D eigenvalue weighted by molar-refractivity contribution is 7.93. The zero-order valence-corrected chi connectivity index (χ0v) is 18.2. The molecule has 2 aromatic heterocycles. The molecule has 4 aromatic rings. The summed E-state index contributed by atoms with van der Waals surface area (Å²) in [5.74, 6) is -1.09. The highest BCUT2D eigenvalue weighted by Crippen LogP contribution is 2.35. The molecular weight excluding hydrogens is 443 g/mol. The molecule has 0 aliphatic heterocycles. The van der Waals surface area contributed by atoms with Gasteiger partial charge in [-0.3, -0.25) is 9.78 Å². The van der Waals surface area contributed by atoms with Gasteiger partial charge in [0.15, 0.2) is 0 Å². The molecule has 1 fully saturated rings. The van der Waals surface area contributed by atoms with Crippen molar-refractivity contribution in [3.05, 3.63) is 85.1 Å². The van der Waals surface area contributed by atoms with E-state index in [-0.39, 0.29) is 23.3 Å². The Labute approximate surface area is 190 Å². The zero-order valence-electron chi connectivity index (χ0n) is 17.3. The number of benzene rings is 2. The van der Waals surface area contributed by atoms with Crippen LogP contribution in [0.25, 0.3) is 10.8 Å². The summed E-state index contributed by atoms with van der Waals surface area (Å²) >= 11 is 0. The van der Waals surface area contributed by atoms with Gasteiger partial charge in [0.2, 0.25) is 5.91 Å². The number of sulfonamides is 1. The number of hydrogen-bond acceptors (Lipinski definition) is 5. The highest BCUT2D eigenvalue weighted by Gasteiger charge is 2.32. The van der Waals surface area contributed by atoms with Crippen molar-refractivity contribution in [2.24, 2.45) is 5.92 Å². The molecule has 1 aliphatic rings. The second-order valence-electron chi connectivity index (χ2n) is 7.77. The second kappa shape index (κ2) is 8.25. The van der Waals surface area contributed by atoms with Crippen LogP contribution >= 0.6 is 0 Å². The number of halogens is 1. The number of amides is 1. The van der Waals surface area contributed by atoms with E-state index in [1.54, 1.807) is 48.8 Å². The van der Waals surface area contributed by atoms with Gasteiger partial charge in [-0.2, -0.15) is 0 Å². The van der Waals surface area contributed by atoms with Crippen LogP contribution in [0.1, 0.15) is 12.8 Å². The van der Waals surface area contributed by atoms with Gasteiger partial charge in [-0.05, 0) is 66.8 Å². The predicted octanol–water partition coefficient (Wildman–Crippen LogP) is 4.64. The maximum atomic E-state index is 15.1. The highest BCUT2D eigenvalue weighted by atomic mass is 32.2. The Morgan fingerprint density at radius 1 is 1.00 bits per heavy atom. The van der Waals surface area contributed by atoms with Gasteiger partial charge in [0.05, 0.1) is 5.69 Å². The number of nitrogens with zero attached hydrogens (tertiary/aromatic N) is 3. The lowest BCUT2D eigenvalue weighted by atomic mass is 10.1. The quantitative estimate of drug-likeness (QED) is 0.451. The van der Waals surface area contributed by atoms with Gasteiger partial charge in [-0.15, -0.1) is 0 Å². The van der Waals surface area contributed by atoms with Crippen LogP contribution in [0.2, 0.25) is 0 Å². The normalized spacial score (nSPS) is 13.6. The molecule has 0 atom stereocenters. The third-order valence-corrected chi connectivity index (χ3v) is 7.15. The first-order valence-corrected chi connectivity index (χ1v) is 11.8. The average Bonchev–Trinajstić information content (AvgIpc) is 3.65. The molecule has 0 unspecified atom stereocenters. The maximum Gasteiger partial charge on any atom is 0.272 e. The molecule has 0 spiro atoms. The van der Waals surface area contributed by atoms with Crippen molar-refractivity contribution >= 4 is 43.9 Å². The lowest BCUT2D eigenvalue weighted by Crippen LogP contribution is -2.28. The monoisotopic (exact) mass is 462 g/mol. The van der Waals surface area contributed by atoms with Crippen molar-refractivity contribution < 1.29 is 17.6 Å². The fourth-order valence-corrected chi connectivity index (χ4v) is 5.03. The van der Waals surface area contributed by atoms with Crippen LogP contribution in [0.3, 0.4) is 0 Å². The fraction of sp³-hybridized carbons (Fsp3) is 0.125. The third kappa shape index (κ3) is 4.14. The Kier molecular flexibility index (Phi) is 5.26. The molecule has 166 valence electrons. The van der Waals surface area contributed by atoms with Crippen LogP contribution in [0, 0.1) is 11.7 Å². The molecule has 1 aliphatic carbocycles. The van der Waals surface area contributed by atoms with Crippen LogP contribution in [0.15, 0.2) is 84.1 Å². The smallest absolute Gasteiger partial charge is 0.272 e. The van der Waals surface area contributed by atoms with Crippen LogP contribution in [0.5, 0.6) is 0 Å². The maximum absolute atomic E-state index is 15.1. The van der Waals surface area contributed by atoms with E-state index >= 15 is 4.39 Å². The summed E-state index contributed by atoms with van der Waals surface area (Å²) < 4.78 is 43.5.